The molecule has 0 aliphatic carbocycles. The standard InChI is InChI=1S/C15H24/c1-5-11-15(3,4)12-14-9-7-13(6-2)8-10-14/h7-10H,5-6,11-12H2,1-4H3. The predicted molar refractivity (Wildman–Crippen MR) is 68.2 cm³/mol. The van der Waals surface area contributed by atoms with Crippen LogP contribution in [0.25, 0.3) is 0 Å². The van der Waals surface area contributed by atoms with E-state index in [1.807, 2.05) is 0 Å². The molecule has 0 spiro atoms. The minimum absolute atomic E-state index is 0.447. The van der Waals surface area contributed by atoms with E-state index < -0.39 is 0 Å². The fourth-order valence-electron chi connectivity index (χ4n) is 2.21. The van der Waals surface area contributed by atoms with Gasteiger partial charge in [-0.05, 0) is 35.8 Å². The highest BCUT2D eigenvalue weighted by Gasteiger charge is 2.16. The molecule has 0 unspecified atom stereocenters. The highest BCUT2D eigenvalue weighted by Crippen LogP contribution is 2.27. The molecule has 84 valence electrons. The molecule has 0 heteroatoms. The van der Waals surface area contributed by atoms with Gasteiger partial charge in [0.25, 0.3) is 0 Å². The van der Waals surface area contributed by atoms with Crippen LogP contribution in [-0.2, 0) is 12.8 Å². The van der Waals surface area contributed by atoms with Gasteiger partial charge in [-0.1, -0.05) is 58.4 Å². The summed E-state index contributed by atoms with van der Waals surface area (Å²) in [5.74, 6) is 0. The van der Waals surface area contributed by atoms with Crippen molar-refractivity contribution in [2.24, 2.45) is 5.41 Å². The van der Waals surface area contributed by atoms with E-state index in [0.29, 0.717) is 5.41 Å². The lowest BCUT2D eigenvalue weighted by atomic mass is 9.82. The minimum Gasteiger partial charge on any atom is -0.0654 e. The van der Waals surface area contributed by atoms with Crippen LogP contribution in [0, 0.1) is 5.41 Å². The highest BCUT2D eigenvalue weighted by molar-refractivity contribution is 5.23. The summed E-state index contributed by atoms with van der Waals surface area (Å²) in [4.78, 5) is 0. The van der Waals surface area contributed by atoms with Crippen molar-refractivity contribution in [3.05, 3.63) is 35.4 Å². The zero-order valence-electron chi connectivity index (χ0n) is 10.6. The Morgan fingerprint density at radius 1 is 0.933 bits per heavy atom. The molecule has 1 aromatic carbocycles. The summed E-state index contributed by atoms with van der Waals surface area (Å²) >= 11 is 0. The van der Waals surface area contributed by atoms with Crippen LogP contribution in [0.3, 0.4) is 0 Å². The maximum Gasteiger partial charge on any atom is -0.0227 e. The lowest BCUT2D eigenvalue weighted by Gasteiger charge is -2.24. The van der Waals surface area contributed by atoms with Crippen molar-refractivity contribution in [2.45, 2.75) is 53.4 Å². The van der Waals surface area contributed by atoms with Crippen molar-refractivity contribution in [1.29, 1.82) is 0 Å². The topological polar surface area (TPSA) is 0 Å². The molecule has 0 amide bonds. The van der Waals surface area contributed by atoms with Gasteiger partial charge in [-0.25, -0.2) is 0 Å². The lowest BCUT2D eigenvalue weighted by molar-refractivity contribution is 0.329. The minimum atomic E-state index is 0.447. The smallest absolute Gasteiger partial charge is 0.0227 e. The molecule has 1 rings (SSSR count). The molecule has 0 bridgehead atoms. The number of hydrogen-bond donors (Lipinski definition) is 0. The molecule has 0 nitrogen and oxygen atoms in total. The molecule has 15 heavy (non-hydrogen) atoms. The Morgan fingerprint density at radius 2 is 1.47 bits per heavy atom. The molecule has 0 aromatic heterocycles. The second-order valence-electron chi connectivity index (χ2n) is 5.26. The van der Waals surface area contributed by atoms with Crippen LogP contribution in [0.2, 0.25) is 0 Å². The van der Waals surface area contributed by atoms with Gasteiger partial charge in [-0.2, -0.15) is 0 Å². The molecule has 0 saturated carbocycles. The molecule has 0 N–H and O–H groups in total. The van der Waals surface area contributed by atoms with Gasteiger partial charge in [0.1, 0.15) is 0 Å². The van der Waals surface area contributed by atoms with E-state index in [2.05, 4.69) is 52.0 Å². The Morgan fingerprint density at radius 3 is 1.93 bits per heavy atom. The predicted octanol–water partition coefficient (Wildman–Crippen LogP) is 4.62. The van der Waals surface area contributed by atoms with E-state index in [9.17, 15) is 0 Å². The average molecular weight is 204 g/mol. The highest BCUT2D eigenvalue weighted by atomic mass is 14.2. The summed E-state index contributed by atoms with van der Waals surface area (Å²) in [5.41, 5.74) is 3.36. The van der Waals surface area contributed by atoms with Crippen LogP contribution in [0.5, 0.6) is 0 Å². The fourth-order valence-corrected chi connectivity index (χ4v) is 2.21. The Balaban J connectivity index is 2.64. The Labute approximate surface area is 94.7 Å². The van der Waals surface area contributed by atoms with Crippen molar-refractivity contribution < 1.29 is 0 Å². The number of hydrogen-bond acceptors (Lipinski definition) is 0. The first-order chi connectivity index (χ1) is 7.07. The van der Waals surface area contributed by atoms with E-state index in [-0.39, 0.29) is 0 Å². The molecule has 1 aromatic rings. The maximum absolute atomic E-state index is 2.37. The third-order valence-corrected chi connectivity index (χ3v) is 3.04. The van der Waals surface area contributed by atoms with Crippen LogP contribution in [0.15, 0.2) is 24.3 Å². The number of aryl methyl sites for hydroxylation is 1. The Hall–Kier alpha value is -0.780. The Kier molecular flexibility index (Phi) is 4.38. The van der Waals surface area contributed by atoms with Gasteiger partial charge in [0.15, 0.2) is 0 Å². The van der Waals surface area contributed by atoms with Gasteiger partial charge in [0.05, 0.1) is 0 Å². The second-order valence-corrected chi connectivity index (χ2v) is 5.26. The van der Waals surface area contributed by atoms with Gasteiger partial charge in [0.2, 0.25) is 0 Å². The van der Waals surface area contributed by atoms with Crippen LogP contribution in [0.1, 0.15) is 51.7 Å². The van der Waals surface area contributed by atoms with Crippen LogP contribution in [-0.4, -0.2) is 0 Å². The zero-order valence-corrected chi connectivity index (χ0v) is 10.6. The molecular formula is C15H24. The summed E-state index contributed by atoms with van der Waals surface area (Å²) in [5, 5.41) is 0. The molecule has 0 atom stereocenters. The quantitative estimate of drug-likeness (QED) is 0.656. The second kappa shape index (κ2) is 5.34. The monoisotopic (exact) mass is 204 g/mol. The summed E-state index contributed by atoms with van der Waals surface area (Å²) in [6.07, 6.45) is 4.92. The third kappa shape index (κ3) is 4.07. The normalized spacial score (nSPS) is 11.7. The van der Waals surface area contributed by atoms with Crippen LogP contribution < -0.4 is 0 Å². The van der Waals surface area contributed by atoms with Gasteiger partial charge in [0, 0.05) is 0 Å². The van der Waals surface area contributed by atoms with E-state index >= 15 is 0 Å². The van der Waals surface area contributed by atoms with Crippen molar-refractivity contribution in [3.8, 4) is 0 Å². The number of rotatable bonds is 5. The van der Waals surface area contributed by atoms with E-state index in [1.165, 1.54) is 30.4 Å². The lowest BCUT2D eigenvalue weighted by Crippen LogP contribution is -2.14. The third-order valence-electron chi connectivity index (χ3n) is 3.04. The first-order valence-electron chi connectivity index (χ1n) is 6.15. The molecular weight excluding hydrogens is 180 g/mol. The molecule has 0 saturated heterocycles. The van der Waals surface area contributed by atoms with E-state index in [4.69, 9.17) is 0 Å². The van der Waals surface area contributed by atoms with Crippen LogP contribution >= 0.6 is 0 Å². The SMILES string of the molecule is CCCC(C)(C)Cc1ccc(CC)cc1. The summed E-state index contributed by atoms with van der Waals surface area (Å²) in [6, 6.07) is 9.10. The zero-order chi connectivity index (χ0) is 11.3. The van der Waals surface area contributed by atoms with Crippen LogP contribution in [0.4, 0.5) is 0 Å². The van der Waals surface area contributed by atoms with E-state index in [1.54, 1.807) is 0 Å². The molecule has 0 aliphatic heterocycles. The Bertz CT molecular complexity index is 279. The van der Waals surface area contributed by atoms with Gasteiger partial charge in [-0.3, -0.25) is 0 Å². The van der Waals surface area contributed by atoms with Crippen molar-refractivity contribution >= 4 is 0 Å². The van der Waals surface area contributed by atoms with Crippen molar-refractivity contribution in [3.63, 3.8) is 0 Å². The van der Waals surface area contributed by atoms with Gasteiger partial charge < -0.3 is 0 Å². The summed E-state index contributed by atoms with van der Waals surface area (Å²) in [6.45, 7) is 9.20. The molecule has 0 fully saturated rings. The first-order valence-corrected chi connectivity index (χ1v) is 6.15. The average Bonchev–Trinajstić information content (AvgIpc) is 2.18. The summed E-state index contributed by atoms with van der Waals surface area (Å²) < 4.78 is 0. The maximum atomic E-state index is 2.37. The largest absolute Gasteiger partial charge is 0.0654 e. The summed E-state index contributed by atoms with van der Waals surface area (Å²) in [7, 11) is 0. The fraction of sp³-hybridized carbons (Fsp3) is 0.600. The number of benzene rings is 1. The van der Waals surface area contributed by atoms with Gasteiger partial charge in [-0.15, -0.1) is 0 Å². The van der Waals surface area contributed by atoms with Gasteiger partial charge >= 0.3 is 0 Å². The molecule has 0 heterocycles. The molecule has 0 radical (unpaired) electrons. The molecule has 0 aliphatic rings. The van der Waals surface area contributed by atoms with Crippen molar-refractivity contribution in [1.82, 2.24) is 0 Å². The first kappa shape index (κ1) is 12.3. The van der Waals surface area contributed by atoms with E-state index in [0.717, 1.165) is 6.42 Å². The van der Waals surface area contributed by atoms with Crippen molar-refractivity contribution in [2.75, 3.05) is 0 Å².